The topological polar surface area (TPSA) is 367 Å². The number of carboxylic acids is 1. The van der Waals surface area contributed by atoms with Gasteiger partial charge < -0.3 is 67.0 Å². The fraction of sp³-hybridized carbons (Fsp3) is 0.548. The number of aliphatic hydroxyl groups is 11. The van der Waals surface area contributed by atoms with E-state index >= 15 is 0 Å². The number of carbonyl (C=O) groups is 2. The molecule has 15 unspecified atom stereocenters. The van der Waals surface area contributed by atoms with E-state index in [2.05, 4.69) is 0 Å². The summed E-state index contributed by atoms with van der Waals surface area (Å²) in [7, 11) is -4.95. The van der Waals surface area contributed by atoms with Gasteiger partial charge in [0, 0.05) is 49.0 Å². The Morgan fingerprint density at radius 3 is 1.49 bits per heavy atom. The van der Waals surface area contributed by atoms with Crippen LogP contribution in [0.3, 0.4) is 0 Å². The third-order valence-corrected chi connectivity index (χ3v) is 13.3. The monoisotopic (exact) mass is 1180 g/mol. The lowest BCUT2D eigenvalue weighted by molar-refractivity contribution is -0.132. The molecule has 15 N–H and O–H groups in total. The Bertz CT molecular complexity index is 2260. The number of hydrogen-bond donors (Lipinski definition) is 14. The minimum absolute atomic E-state index is 0.0269. The number of rotatable bonds is 46. The number of allylic oxidation sites excluding steroid dienone is 16. The van der Waals surface area contributed by atoms with Gasteiger partial charge in [0.05, 0.1) is 73.2 Å². The molecular weight excluding hydrogens is 1080 g/mol. The fourth-order valence-corrected chi connectivity index (χ4v) is 8.45. The van der Waals surface area contributed by atoms with E-state index in [1.165, 1.54) is 56.4 Å². The summed E-state index contributed by atoms with van der Waals surface area (Å²) in [6, 6.07) is 0. The van der Waals surface area contributed by atoms with Crippen LogP contribution in [0.4, 0.5) is 0 Å². The number of ketones is 1. The molecule has 0 rings (SSSR count). The number of nitrogens with two attached hydrogens (primary N) is 1. The summed E-state index contributed by atoms with van der Waals surface area (Å²) in [5.41, 5.74) is 5.68. The van der Waals surface area contributed by atoms with Crippen LogP contribution in [0.1, 0.15) is 118 Å². The predicted molar refractivity (Wildman–Crippen MR) is 320 cm³/mol. The lowest BCUT2D eigenvalue weighted by Gasteiger charge is -2.25. The molecule has 82 heavy (non-hydrogen) atoms. The number of aliphatic carboxylic acids is 1. The number of carboxylic acid groups (broad SMARTS) is 1. The highest BCUT2D eigenvalue weighted by Gasteiger charge is 2.30. The maximum atomic E-state index is 13.0. The zero-order chi connectivity index (χ0) is 61.9. The van der Waals surface area contributed by atoms with E-state index in [0.717, 1.165) is 12.8 Å². The first-order chi connectivity index (χ1) is 38.8. The van der Waals surface area contributed by atoms with Crippen LogP contribution in [0, 0.1) is 17.8 Å². The first kappa shape index (κ1) is 77.2. The lowest BCUT2D eigenvalue weighted by atomic mass is 9.88. The smallest absolute Gasteiger partial charge is 0.397 e. The minimum atomic E-state index is -4.95. The highest BCUT2D eigenvalue weighted by molar-refractivity contribution is 7.80. The fourth-order valence-electron chi connectivity index (χ4n) is 7.89. The SMILES string of the molecule is CC(=CC=CC=CCCC=CC(C)C(O)C(C)C(O)C=CC=CC=CC=CC=CC=CCC(OS(=O)(=O)O)C(C)C(=O)CC(O)CC(O)C=CCC(O)CC(O)C=CCC(O)CC(O)CC(O)C=CCC(O)CC(O)CCCN)C(=O)O. The molecular formula is C62H97NO18S. The van der Waals surface area contributed by atoms with Crippen molar-refractivity contribution in [2.45, 2.75) is 191 Å². The zero-order valence-electron chi connectivity index (χ0n) is 48.0. The van der Waals surface area contributed by atoms with Crippen LogP contribution in [0.25, 0.3) is 0 Å². The first-order valence-electron chi connectivity index (χ1n) is 28.0. The standard InChI is InChI=1S/C62H97NO18S/c1-45(27-19-15-11-10-12-16-20-28-46(2)62(76)77)61(75)48(4)58(73)36-21-17-13-8-6-5-7-9-14-18-22-37-60(81-82(78,79)80)47(3)59(74)44-57(72)43-54(69)34-25-30-50(65)39-49(64)29-23-32-52(67)41-56(71)42-53(68)33-24-31-51(66)40-55(70)35-26-38-63/h5-10,12-14,16-25,27-29,33-34,36,45,47-58,60-61,64-73,75H,11,15,26,30-32,35,37-44,63H2,1-4H3,(H,76,77)(H,78,79,80). The van der Waals surface area contributed by atoms with E-state index in [1.54, 1.807) is 92.0 Å². The van der Waals surface area contributed by atoms with E-state index < -0.39 is 114 Å². The van der Waals surface area contributed by atoms with Gasteiger partial charge in [-0.2, -0.15) is 8.42 Å². The average molecular weight is 1180 g/mol. The van der Waals surface area contributed by atoms with Crippen molar-refractivity contribution in [3.63, 3.8) is 0 Å². The second kappa shape index (κ2) is 46.5. The molecule has 464 valence electrons. The van der Waals surface area contributed by atoms with Gasteiger partial charge in [0.1, 0.15) is 5.78 Å². The van der Waals surface area contributed by atoms with Crippen molar-refractivity contribution in [1.82, 2.24) is 0 Å². The Morgan fingerprint density at radius 2 is 0.963 bits per heavy atom. The molecule has 0 heterocycles. The van der Waals surface area contributed by atoms with Gasteiger partial charge in [0.2, 0.25) is 0 Å². The molecule has 0 aromatic carbocycles. The minimum Gasteiger partial charge on any atom is -0.478 e. The molecule has 20 heteroatoms. The second-order valence-electron chi connectivity index (χ2n) is 20.5. The number of unbranched alkanes of at least 4 members (excludes halogenated alkanes) is 1. The number of Topliss-reactive ketones (excluding diaryl/α,β-unsaturated/α-hetero) is 1. The first-order valence-corrected chi connectivity index (χ1v) is 29.4. The Kier molecular flexibility index (Phi) is 43.8. The van der Waals surface area contributed by atoms with E-state index in [4.69, 9.17) is 15.0 Å². The molecule has 0 radical (unpaired) electrons. The van der Waals surface area contributed by atoms with Gasteiger partial charge in [-0.1, -0.05) is 173 Å². The molecule has 0 aromatic heterocycles. The van der Waals surface area contributed by atoms with Crippen LogP contribution in [0.2, 0.25) is 0 Å². The molecule has 0 saturated carbocycles. The molecule has 0 aliphatic heterocycles. The van der Waals surface area contributed by atoms with E-state index in [1.807, 2.05) is 31.2 Å². The van der Waals surface area contributed by atoms with Crippen molar-refractivity contribution >= 4 is 22.2 Å². The van der Waals surface area contributed by atoms with Gasteiger partial charge in [-0.3, -0.25) is 9.35 Å². The van der Waals surface area contributed by atoms with Crippen LogP contribution in [0.15, 0.2) is 157 Å². The molecule has 0 aliphatic carbocycles. The highest BCUT2D eigenvalue weighted by atomic mass is 32.3. The van der Waals surface area contributed by atoms with Gasteiger partial charge >= 0.3 is 16.4 Å². The number of aliphatic hydroxyl groups excluding tert-OH is 11. The lowest BCUT2D eigenvalue weighted by Crippen LogP contribution is -2.32. The van der Waals surface area contributed by atoms with Crippen molar-refractivity contribution in [1.29, 1.82) is 0 Å². The molecule has 19 nitrogen and oxygen atoms in total. The Balaban J connectivity index is 4.81. The summed E-state index contributed by atoms with van der Waals surface area (Å²) in [5.74, 6) is -3.24. The summed E-state index contributed by atoms with van der Waals surface area (Å²) in [5, 5.41) is 123. The Hall–Kier alpha value is -4.85. The van der Waals surface area contributed by atoms with Crippen LogP contribution < -0.4 is 5.73 Å². The molecule has 0 spiro atoms. The quantitative estimate of drug-likeness (QED) is 0.0113. The van der Waals surface area contributed by atoms with Gasteiger partial charge in [-0.25, -0.2) is 8.98 Å². The van der Waals surface area contributed by atoms with Gasteiger partial charge in [0.25, 0.3) is 0 Å². The Morgan fingerprint density at radius 1 is 0.512 bits per heavy atom. The molecule has 0 aromatic rings. The number of hydrogen-bond acceptors (Lipinski definition) is 17. The summed E-state index contributed by atoms with van der Waals surface area (Å²) >= 11 is 0. The normalized spacial score (nSPS) is 19.3. The van der Waals surface area contributed by atoms with Crippen LogP contribution in [-0.4, -0.2) is 166 Å². The molecule has 0 fully saturated rings. The van der Waals surface area contributed by atoms with Crippen molar-refractivity contribution < 1.29 is 88.0 Å². The van der Waals surface area contributed by atoms with E-state index in [9.17, 15) is 78.7 Å². The van der Waals surface area contributed by atoms with Crippen molar-refractivity contribution in [3.8, 4) is 0 Å². The molecule has 0 amide bonds. The largest absolute Gasteiger partial charge is 0.478 e. The zero-order valence-corrected chi connectivity index (χ0v) is 48.9. The second-order valence-corrected chi connectivity index (χ2v) is 21.6. The van der Waals surface area contributed by atoms with Crippen molar-refractivity contribution in [3.05, 3.63) is 157 Å². The summed E-state index contributed by atoms with van der Waals surface area (Å²) in [6.45, 7) is 7.02. The van der Waals surface area contributed by atoms with Crippen LogP contribution in [-0.2, 0) is 24.2 Å². The molecule has 0 bridgehead atoms. The molecule has 15 atom stereocenters. The molecule has 0 aliphatic rings. The predicted octanol–water partition coefficient (Wildman–Crippen LogP) is 5.75. The third kappa shape index (κ3) is 42.9. The van der Waals surface area contributed by atoms with Crippen LogP contribution in [0.5, 0.6) is 0 Å². The highest BCUT2D eigenvalue weighted by Crippen LogP contribution is 2.21. The summed E-state index contributed by atoms with van der Waals surface area (Å²) in [4.78, 5) is 23.8. The van der Waals surface area contributed by atoms with Gasteiger partial charge in [-0.05, 0) is 77.7 Å². The van der Waals surface area contributed by atoms with Gasteiger partial charge in [-0.15, -0.1) is 0 Å². The van der Waals surface area contributed by atoms with Gasteiger partial charge in [0.15, 0.2) is 0 Å². The third-order valence-electron chi connectivity index (χ3n) is 12.8. The van der Waals surface area contributed by atoms with E-state index in [-0.39, 0.29) is 69.3 Å². The summed E-state index contributed by atoms with van der Waals surface area (Å²) < 4.78 is 37.4. The summed E-state index contributed by atoms with van der Waals surface area (Å²) in [6.07, 6.45) is 31.6. The molecule has 0 saturated heterocycles. The van der Waals surface area contributed by atoms with Crippen molar-refractivity contribution in [2.24, 2.45) is 23.5 Å². The average Bonchev–Trinajstić information content (AvgIpc) is 3.40. The maximum Gasteiger partial charge on any atom is 0.397 e. The van der Waals surface area contributed by atoms with Crippen LogP contribution >= 0.6 is 0 Å². The van der Waals surface area contributed by atoms with E-state index in [0.29, 0.717) is 19.4 Å². The van der Waals surface area contributed by atoms with Crippen molar-refractivity contribution in [2.75, 3.05) is 6.54 Å². The number of carbonyl (C=O) groups excluding carboxylic acids is 1. The maximum absolute atomic E-state index is 13.0. The Labute approximate surface area is 486 Å².